The average Bonchev–Trinajstić information content (AvgIpc) is 3.30. The summed E-state index contributed by atoms with van der Waals surface area (Å²) >= 11 is 1.69. The lowest BCUT2D eigenvalue weighted by atomic mass is 10.2. The fourth-order valence-electron chi connectivity index (χ4n) is 2.73. The Morgan fingerprint density at radius 2 is 1.00 bits per heavy atom. The molecule has 0 spiro atoms. The Bertz CT molecular complexity index is 606. The monoisotopic (exact) mass is 330 g/mol. The first-order valence-corrected chi connectivity index (χ1v) is 8.55. The summed E-state index contributed by atoms with van der Waals surface area (Å²) in [7, 11) is 0. The Hall–Kier alpha value is -1.37. The van der Waals surface area contributed by atoms with Crippen LogP contribution in [0.25, 0.3) is 0 Å². The fourth-order valence-corrected chi connectivity index (χ4v) is 3.83. The molecular formula is C18H18O4S. The van der Waals surface area contributed by atoms with Crippen LogP contribution in [-0.2, 0) is 18.9 Å². The van der Waals surface area contributed by atoms with Crippen LogP contribution in [0.1, 0.15) is 23.7 Å². The summed E-state index contributed by atoms with van der Waals surface area (Å²) in [4.78, 5) is 2.26. The minimum absolute atomic E-state index is 0.273. The first-order valence-electron chi connectivity index (χ1n) is 7.74. The molecule has 5 heteroatoms. The fraction of sp³-hybridized carbons (Fsp3) is 0.333. The number of rotatable bonds is 4. The maximum atomic E-state index is 5.66. The molecule has 2 heterocycles. The van der Waals surface area contributed by atoms with E-state index in [2.05, 4.69) is 24.3 Å². The van der Waals surface area contributed by atoms with Gasteiger partial charge in [-0.2, -0.15) is 0 Å². The second-order valence-electron chi connectivity index (χ2n) is 5.32. The van der Waals surface area contributed by atoms with Crippen molar-refractivity contribution in [2.24, 2.45) is 0 Å². The summed E-state index contributed by atoms with van der Waals surface area (Å²) in [6, 6.07) is 16.4. The molecule has 2 aliphatic rings. The molecule has 0 bridgehead atoms. The van der Waals surface area contributed by atoms with E-state index < -0.39 is 0 Å². The van der Waals surface area contributed by atoms with Gasteiger partial charge in [-0.25, -0.2) is 0 Å². The average molecular weight is 330 g/mol. The highest BCUT2D eigenvalue weighted by atomic mass is 32.2. The molecule has 0 aromatic heterocycles. The normalized spacial score (nSPS) is 19.5. The van der Waals surface area contributed by atoms with Crippen LogP contribution in [0.5, 0.6) is 0 Å². The Balaban J connectivity index is 1.63. The molecule has 2 aromatic carbocycles. The van der Waals surface area contributed by atoms with E-state index in [9.17, 15) is 0 Å². The van der Waals surface area contributed by atoms with Gasteiger partial charge in [-0.1, -0.05) is 48.2 Å². The number of benzene rings is 2. The lowest BCUT2D eigenvalue weighted by molar-refractivity contribution is -0.0462. The molecule has 23 heavy (non-hydrogen) atoms. The van der Waals surface area contributed by atoms with E-state index in [4.69, 9.17) is 18.9 Å². The van der Waals surface area contributed by atoms with Crippen LogP contribution in [0.3, 0.4) is 0 Å². The quantitative estimate of drug-likeness (QED) is 0.849. The molecule has 0 saturated carbocycles. The van der Waals surface area contributed by atoms with E-state index in [0.29, 0.717) is 26.4 Å². The molecule has 4 rings (SSSR count). The largest absolute Gasteiger partial charge is 0.346 e. The highest BCUT2D eigenvalue weighted by molar-refractivity contribution is 7.99. The van der Waals surface area contributed by atoms with Crippen LogP contribution in [0.2, 0.25) is 0 Å². The molecule has 0 aliphatic carbocycles. The Kier molecular flexibility index (Phi) is 4.64. The van der Waals surface area contributed by atoms with Gasteiger partial charge in [-0.15, -0.1) is 0 Å². The third kappa shape index (κ3) is 3.29. The van der Waals surface area contributed by atoms with Gasteiger partial charge in [0, 0.05) is 20.9 Å². The molecule has 0 amide bonds. The summed E-state index contributed by atoms with van der Waals surface area (Å²) in [5.41, 5.74) is 2.14. The number of ether oxygens (including phenoxy) is 4. The van der Waals surface area contributed by atoms with Crippen molar-refractivity contribution in [3.63, 3.8) is 0 Å². The van der Waals surface area contributed by atoms with Crippen LogP contribution in [-0.4, -0.2) is 26.4 Å². The maximum Gasteiger partial charge on any atom is 0.185 e. The lowest BCUT2D eigenvalue weighted by Crippen LogP contribution is -2.02. The molecule has 2 aliphatic heterocycles. The summed E-state index contributed by atoms with van der Waals surface area (Å²) < 4.78 is 22.6. The van der Waals surface area contributed by atoms with Gasteiger partial charge in [0.25, 0.3) is 0 Å². The maximum absolute atomic E-state index is 5.66. The minimum Gasteiger partial charge on any atom is -0.346 e. The Morgan fingerprint density at radius 1 is 0.609 bits per heavy atom. The van der Waals surface area contributed by atoms with Crippen molar-refractivity contribution in [2.45, 2.75) is 22.4 Å². The van der Waals surface area contributed by atoms with Crippen molar-refractivity contribution in [1.29, 1.82) is 0 Å². The van der Waals surface area contributed by atoms with Crippen molar-refractivity contribution < 1.29 is 18.9 Å². The smallest absolute Gasteiger partial charge is 0.185 e. The predicted octanol–water partition coefficient (Wildman–Crippen LogP) is 3.93. The topological polar surface area (TPSA) is 36.9 Å². The Morgan fingerprint density at radius 3 is 1.43 bits per heavy atom. The van der Waals surface area contributed by atoms with Gasteiger partial charge in [0.2, 0.25) is 0 Å². The molecule has 2 aromatic rings. The van der Waals surface area contributed by atoms with E-state index in [0.717, 1.165) is 20.9 Å². The highest BCUT2D eigenvalue weighted by Crippen LogP contribution is 2.40. The van der Waals surface area contributed by atoms with Crippen molar-refractivity contribution in [2.75, 3.05) is 26.4 Å². The predicted molar refractivity (Wildman–Crippen MR) is 86.3 cm³/mol. The molecule has 0 N–H and O–H groups in total. The van der Waals surface area contributed by atoms with Crippen LogP contribution in [0, 0.1) is 0 Å². The summed E-state index contributed by atoms with van der Waals surface area (Å²) in [6.07, 6.45) is -0.547. The van der Waals surface area contributed by atoms with Crippen LogP contribution in [0.15, 0.2) is 58.3 Å². The van der Waals surface area contributed by atoms with Crippen molar-refractivity contribution in [3.05, 3.63) is 59.7 Å². The first-order chi connectivity index (χ1) is 11.4. The molecule has 2 saturated heterocycles. The molecule has 0 unspecified atom stereocenters. The van der Waals surface area contributed by atoms with E-state index in [1.165, 1.54) is 0 Å². The van der Waals surface area contributed by atoms with Gasteiger partial charge in [0.05, 0.1) is 26.4 Å². The van der Waals surface area contributed by atoms with Crippen LogP contribution >= 0.6 is 11.8 Å². The molecule has 0 radical (unpaired) electrons. The van der Waals surface area contributed by atoms with Crippen molar-refractivity contribution in [3.8, 4) is 0 Å². The number of hydrogen-bond acceptors (Lipinski definition) is 5. The molecule has 4 nitrogen and oxygen atoms in total. The highest BCUT2D eigenvalue weighted by Gasteiger charge is 2.24. The first kappa shape index (κ1) is 15.2. The minimum atomic E-state index is -0.273. The zero-order valence-electron chi connectivity index (χ0n) is 12.6. The number of hydrogen-bond donors (Lipinski definition) is 0. The SMILES string of the molecule is c1ccc(C2OCCO2)c(Sc2ccccc2C2OCCO2)c1. The van der Waals surface area contributed by atoms with Gasteiger partial charge in [0.15, 0.2) is 12.6 Å². The van der Waals surface area contributed by atoms with Crippen molar-refractivity contribution >= 4 is 11.8 Å². The standard InChI is InChI=1S/C18H18O4S/c1-3-7-15(13(5-1)17-19-9-10-20-17)23-16-8-4-2-6-14(16)18-21-11-12-22-18/h1-8,17-18H,9-12H2. The summed E-state index contributed by atoms with van der Waals surface area (Å²) in [5, 5.41) is 0. The zero-order chi connectivity index (χ0) is 15.5. The third-order valence-corrected chi connectivity index (χ3v) is 4.99. The lowest BCUT2D eigenvalue weighted by Gasteiger charge is -2.17. The molecule has 120 valence electrons. The van der Waals surface area contributed by atoms with E-state index in [-0.39, 0.29) is 12.6 Å². The molecular weight excluding hydrogens is 312 g/mol. The molecule has 0 atom stereocenters. The van der Waals surface area contributed by atoms with Gasteiger partial charge < -0.3 is 18.9 Å². The van der Waals surface area contributed by atoms with Gasteiger partial charge >= 0.3 is 0 Å². The second kappa shape index (κ2) is 7.03. The van der Waals surface area contributed by atoms with E-state index >= 15 is 0 Å². The summed E-state index contributed by atoms with van der Waals surface area (Å²) in [5.74, 6) is 0. The van der Waals surface area contributed by atoms with Crippen molar-refractivity contribution in [1.82, 2.24) is 0 Å². The van der Waals surface area contributed by atoms with Gasteiger partial charge in [0.1, 0.15) is 0 Å². The van der Waals surface area contributed by atoms with Gasteiger partial charge in [-0.05, 0) is 12.1 Å². The third-order valence-electron chi connectivity index (χ3n) is 3.81. The van der Waals surface area contributed by atoms with E-state index in [1.54, 1.807) is 11.8 Å². The van der Waals surface area contributed by atoms with Crippen LogP contribution < -0.4 is 0 Å². The molecule has 2 fully saturated rings. The zero-order valence-corrected chi connectivity index (χ0v) is 13.5. The Labute approximate surface area is 139 Å². The second-order valence-corrected chi connectivity index (χ2v) is 6.41. The van der Waals surface area contributed by atoms with Crippen LogP contribution in [0.4, 0.5) is 0 Å². The van der Waals surface area contributed by atoms with E-state index in [1.807, 2.05) is 24.3 Å². The van der Waals surface area contributed by atoms with Gasteiger partial charge in [-0.3, -0.25) is 0 Å². The summed E-state index contributed by atoms with van der Waals surface area (Å²) in [6.45, 7) is 2.57.